The SMILES string of the molecule is Cc1ccc(NC(=O)N(O)[C@@H]2N(c3ccc(C)cc3)C(=O)N(CCC(C)C)C2(C)C)cc1. The molecule has 1 saturated heterocycles. The van der Waals surface area contributed by atoms with E-state index in [9.17, 15) is 14.8 Å². The van der Waals surface area contributed by atoms with Crippen molar-refractivity contribution in [3.05, 3.63) is 59.7 Å². The fraction of sp³-hybridized carbons (Fsp3) is 0.440. The molecule has 172 valence electrons. The van der Waals surface area contributed by atoms with E-state index in [0.717, 1.165) is 17.5 Å². The van der Waals surface area contributed by atoms with E-state index >= 15 is 0 Å². The minimum atomic E-state index is -0.907. The number of hydroxylamine groups is 2. The first-order valence-electron chi connectivity index (χ1n) is 11.1. The molecule has 0 unspecified atom stereocenters. The lowest BCUT2D eigenvalue weighted by atomic mass is 9.98. The van der Waals surface area contributed by atoms with E-state index in [1.807, 2.05) is 64.1 Å². The molecule has 2 aromatic rings. The van der Waals surface area contributed by atoms with Gasteiger partial charge in [0.25, 0.3) is 0 Å². The van der Waals surface area contributed by atoms with Crippen LogP contribution in [0.25, 0.3) is 0 Å². The number of hydrogen-bond acceptors (Lipinski definition) is 3. The van der Waals surface area contributed by atoms with E-state index < -0.39 is 17.7 Å². The Bertz CT molecular complexity index is 954. The maximum Gasteiger partial charge on any atom is 0.347 e. The first kappa shape index (κ1) is 23.6. The highest BCUT2D eigenvalue weighted by atomic mass is 16.5. The van der Waals surface area contributed by atoms with Gasteiger partial charge in [-0.2, -0.15) is 5.06 Å². The summed E-state index contributed by atoms with van der Waals surface area (Å²) in [6.45, 7) is 12.4. The molecular weight excluding hydrogens is 404 g/mol. The van der Waals surface area contributed by atoms with Crippen molar-refractivity contribution in [2.24, 2.45) is 5.92 Å². The summed E-state index contributed by atoms with van der Waals surface area (Å²) in [5.41, 5.74) is 2.51. The monoisotopic (exact) mass is 438 g/mol. The van der Waals surface area contributed by atoms with Gasteiger partial charge in [-0.05, 0) is 64.3 Å². The number of urea groups is 2. The Labute approximate surface area is 190 Å². The number of amides is 4. The highest BCUT2D eigenvalue weighted by Gasteiger charge is 2.55. The molecule has 3 rings (SSSR count). The second-order valence-corrected chi connectivity index (χ2v) is 9.49. The van der Waals surface area contributed by atoms with Gasteiger partial charge in [-0.15, -0.1) is 0 Å². The van der Waals surface area contributed by atoms with Crippen molar-refractivity contribution < 1.29 is 14.8 Å². The molecule has 2 aromatic carbocycles. The number of carbonyl (C=O) groups is 2. The first-order chi connectivity index (χ1) is 15.0. The molecule has 4 amide bonds. The van der Waals surface area contributed by atoms with Crippen LogP contribution in [0, 0.1) is 19.8 Å². The van der Waals surface area contributed by atoms with Gasteiger partial charge >= 0.3 is 12.1 Å². The van der Waals surface area contributed by atoms with E-state index in [1.165, 1.54) is 4.90 Å². The summed E-state index contributed by atoms with van der Waals surface area (Å²) in [5, 5.41) is 14.4. The zero-order valence-corrected chi connectivity index (χ0v) is 19.8. The van der Waals surface area contributed by atoms with Gasteiger partial charge in [0.2, 0.25) is 0 Å². The van der Waals surface area contributed by atoms with E-state index in [-0.39, 0.29) is 6.03 Å². The molecule has 2 N–H and O–H groups in total. The zero-order valence-electron chi connectivity index (χ0n) is 19.8. The molecule has 0 saturated carbocycles. The van der Waals surface area contributed by atoms with Crippen LogP contribution in [0.3, 0.4) is 0 Å². The average molecular weight is 439 g/mol. The Hall–Kier alpha value is -3.06. The number of hydrogen-bond donors (Lipinski definition) is 2. The van der Waals surface area contributed by atoms with Crippen molar-refractivity contribution in [3.63, 3.8) is 0 Å². The number of aryl methyl sites for hydroxylation is 2. The molecule has 0 radical (unpaired) electrons. The number of anilines is 2. The van der Waals surface area contributed by atoms with Crippen molar-refractivity contribution in [2.75, 3.05) is 16.8 Å². The lowest BCUT2D eigenvalue weighted by Crippen LogP contribution is -2.58. The van der Waals surface area contributed by atoms with Gasteiger partial charge in [0.1, 0.15) is 0 Å². The number of nitrogens with one attached hydrogen (secondary N) is 1. The normalized spacial score (nSPS) is 17.8. The summed E-state index contributed by atoms with van der Waals surface area (Å²) in [6, 6.07) is 13.9. The smallest absolute Gasteiger partial charge is 0.315 e. The Morgan fingerprint density at radius 2 is 1.59 bits per heavy atom. The van der Waals surface area contributed by atoms with Crippen molar-refractivity contribution in [1.82, 2.24) is 9.96 Å². The summed E-state index contributed by atoms with van der Waals surface area (Å²) in [7, 11) is 0. The summed E-state index contributed by atoms with van der Waals surface area (Å²) >= 11 is 0. The van der Waals surface area contributed by atoms with Gasteiger partial charge in [0.05, 0.1) is 5.54 Å². The molecule has 0 bridgehead atoms. The summed E-state index contributed by atoms with van der Waals surface area (Å²) < 4.78 is 0. The lowest BCUT2D eigenvalue weighted by Gasteiger charge is -2.38. The van der Waals surface area contributed by atoms with Crippen LogP contribution in [0.2, 0.25) is 0 Å². The first-order valence-corrected chi connectivity index (χ1v) is 11.1. The van der Waals surface area contributed by atoms with Crippen molar-refractivity contribution in [1.29, 1.82) is 0 Å². The lowest BCUT2D eigenvalue weighted by molar-refractivity contribution is -0.0950. The van der Waals surface area contributed by atoms with Gasteiger partial charge in [-0.25, -0.2) is 9.59 Å². The predicted molar refractivity (Wildman–Crippen MR) is 127 cm³/mol. The summed E-state index contributed by atoms with van der Waals surface area (Å²) in [4.78, 5) is 29.8. The summed E-state index contributed by atoms with van der Waals surface area (Å²) in [5.74, 6) is 0.417. The minimum absolute atomic E-state index is 0.230. The second kappa shape index (κ2) is 9.20. The predicted octanol–water partition coefficient (Wildman–Crippen LogP) is 5.62. The Morgan fingerprint density at radius 1 is 1.06 bits per heavy atom. The molecule has 32 heavy (non-hydrogen) atoms. The number of rotatable bonds is 6. The van der Waals surface area contributed by atoms with Crippen LogP contribution in [0.1, 0.15) is 45.2 Å². The standard InChI is InChI=1S/C25H34N4O3/c1-17(2)15-16-27-24(31)28(21-13-9-19(4)10-14-21)22(25(27,5)6)29(32)23(30)26-20-11-7-18(3)8-12-20/h7-14,17,22,32H,15-16H2,1-6H3,(H,26,30)/t22-/m0/s1. The topological polar surface area (TPSA) is 76.1 Å². The van der Waals surface area contributed by atoms with Crippen LogP contribution < -0.4 is 10.2 Å². The second-order valence-electron chi connectivity index (χ2n) is 9.49. The van der Waals surface area contributed by atoms with Crippen molar-refractivity contribution >= 4 is 23.4 Å². The van der Waals surface area contributed by atoms with Crippen molar-refractivity contribution in [2.45, 2.75) is 59.7 Å². The maximum absolute atomic E-state index is 13.5. The highest BCUT2D eigenvalue weighted by molar-refractivity contribution is 5.98. The fourth-order valence-corrected chi connectivity index (χ4v) is 4.00. The molecule has 1 heterocycles. The van der Waals surface area contributed by atoms with Gasteiger partial charge < -0.3 is 10.2 Å². The molecule has 0 aliphatic carbocycles. The van der Waals surface area contributed by atoms with Gasteiger partial charge in [-0.3, -0.25) is 10.1 Å². The Kier molecular flexibility index (Phi) is 6.79. The van der Waals surface area contributed by atoms with Crippen LogP contribution in [0.15, 0.2) is 48.5 Å². The van der Waals surface area contributed by atoms with Gasteiger partial charge in [-0.1, -0.05) is 49.2 Å². The molecule has 0 aromatic heterocycles. The van der Waals surface area contributed by atoms with Crippen LogP contribution in [-0.4, -0.2) is 45.5 Å². The number of carbonyl (C=O) groups excluding carboxylic acids is 2. The molecular formula is C25H34N4O3. The Morgan fingerprint density at radius 3 is 2.12 bits per heavy atom. The third-order valence-electron chi connectivity index (χ3n) is 5.99. The quantitative estimate of drug-likeness (QED) is 0.454. The summed E-state index contributed by atoms with van der Waals surface area (Å²) in [6.07, 6.45) is -0.0831. The fourth-order valence-electron chi connectivity index (χ4n) is 4.00. The molecule has 1 aliphatic rings. The van der Waals surface area contributed by atoms with E-state index in [1.54, 1.807) is 17.0 Å². The molecule has 1 atom stereocenters. The van der Waals surface area contributed by atoms with Crippen LogP contribution in [0.4, 0.5) is 21.0 Å². The van der Waals surface area contributed by atoms with E-state index in [0.29, 0.717) is 28.9 Å². The number of benzene rings is 2. The molecule has 0 spiro atoms. The number of nitrogens with zero attached hydrogens (tertiary/aromatic N) is 3. The third kappa shape index (κ3) is 4.72. The largest absolute Gasteiger partial charge is 0.347 e. The maximum atomic E-state index is 13.5. The zero-order chi connectivity index (χ0) is 23.6. The van der Waals surface area contributed by atoms with Gasteiger partial charge in [0, 0.05) is 17.9 Å². The van der Waals surface area contributed by atoms with Crippen LogP contribution >= 0.6 is 0 Å². The van der Waals surface area contributed by atoms with E-state index in [2.05, 4.69) is 19.2 Å². The molecule has 1 fully saturated rings. The van der Waals surface area contributed by atoms with Crippen LogP contribution in [-0.2, 0) is 0 Å². The van der Waals surface area contributed by atoms with Gasteiger partial charge in [0.15, 0.2) is 6.17 Å². The average Bonchev–Trinajstić information content (AvgIpc) is 2.93. The minimum Gasteiger partial charge on any atom is -0.315 e. The van der Waals surface area contributed by atoms with Crippen molar-refractivity contribution in [3.8, 4) is 0 Å². The Balaban J connectivity index is 1.95. The molecule has 7 heteroatoms. The van der Waals surface area contributed by atoms with E-state index in [4.69, 9.17) is 0 Å². The third-order valence-corrected chi connectivity index (χ3v) is 5.99. The van der Waals surface area contributed by atoms with Crippen LogP contribution in [0.5, 0.6) is 0 Å². The molecule has 1 aliphatic heterocycles. The molecule has 7 nitrogen and oxygen atoms in total. The highest BCUT2D eigenvalue weighted by Crippen LogP contribution is 2.38.